The first-order chi connectivity index (χ1) is 14.0. The fourth-order valence-electron chi connectivity index (χ4n) is 2.74. The molecule has 0 radical (unpaired) electrons. The van der Waals surface area contributed by atoms with Gasteiger partial charge in [0.25, 0.3) is 0 Å². The van der Waals surface area contributed by atoms with Crippen LogP contribution in [0.5, 0.6) is 0 Å². The molecule has 0 N–H and O–H groups in total. The van der Waals surface area contributed by atoms with Crippen LogP contribution >= 0.6 is 11.3 Å². The van der Waals surface area contributed by atoms with E-state index in [1.165, 1.54) is 47.4 Å². The van der Waals surface area contributed by atoms with Crippen LogP contribution in [0.2, 0.25) is 0 Å². The van der Waals surface area contributed by atoms with Crippen LogP contribution in [0.3, 0.4) is 0 Å². The van der Waals surface area contributed by atoms with E-state index in [0.29, 0.717) is 22.1 Å². The molecule has 2 aromatic heterocycles. The summed E-state index contributed by atoms with van der Waals surface area (Å²) in [6, 6.07) is 14.7. The Bertz CT molecular complexity index is 1200. The van der Waals surface area contributed by atoms with E-state index >= 15 is 0 Å². The number of rotatable bonds is 5. The van der Waals surface area contributed by atoms with E-state index in [-0.39, 0.29) is 24.2 Å². The summed E-state index contributed by atoms with van der Waals surface area (Å²) in [4.78, 5) is 30.2. The number of amides is 1. The van der Waals surface area contributed by atoms with Gasteiger partial charge in [0.2, 0.25) is 11.8 Å². The number of carbonyl (C=O) groups excluding carboxylic acids is 1. The minimum Gasteiger partial charge on any atom is -0.388 e. The summed E-state index contributed by atoms with van der Waals surface area (Å²) >= 11 is 1.29. The summed E-state index contributed by atoms with van der Waals surface area (Å²) in [6.07, 6.45) is 0. The average molecular weight is 410 g/mol. The molecule has 0 aliphatic heterocycles. The summed E-state index contributed by atoms with van der Waals surface area (Å²) in [5.74, 6) is -1.11. The Labute approximate surface area is 168 Å². The molecule has 0 saturated heterocycles. The lowest BCUT2D eigenvalue weighted by molar-refractivity contribution is -0.115. The van der Waals surface area contributed by atoms with Gasteiger partial charge in [0.1, 0.15) is 5.82 Å². The third kappa shape index (κ3) is 3.99. The third-order valence-corrected chi connectivity index (χ3v) is 4.94. The van der Waals surface area contributed by atoms with Gasteiger partial charge in [0.15, 0.2) is 5.13 Å². The van der Waals surface area contributed by atoms with Gasteiger partial charge in [0.05, 0.1) is 17.9 Å². The predicted molar refractivity (Wildman–Crippen MR) is 107 cm³/mol. The second-order valence-corrected chi connectivity index (χ2v) is 6.99. The van der Waals surface area contributed by atoms with Crippen molar-refractivity contribution in [2.45, 2.75) is 13.5 Å². The molecule has 0 fully saturated rings. The van der Waals surface area contributed by atoms with Crippen LogP contribution in [0.15, 0.2) is 69.2 Å². The Balaban J connectivity index is 1.59. The zero-order valence-electron chi connectivity index (χ0n) is 15.3. The number of nitrogens with zero attached hydrogens (tertiary/aromatic N) is 4. The highest BCUT2D eigenvalue weighted by molar-refractivity contribution is 7.14. The molecule has 2 heterocycles. The van der Waals surface area contributed by atoms with Crippen molar-refractivity contribution in [2.24, 2.45) is 0 Å². The second-order valence-electron chi connectivity index (χ2n) is 6.15. The molecule has 0 saturated carbocycles. The van der Waals surface area contributed by atoms with Crippen molar-refractivity contribution in [1.29, 1.82) is 0 Å². The van der Waals surface area contributed by atoms with Gasteiger partial charge in [-0.1, -0.05) is 18.2 Å². The Kier molecular flexibility index (Phi) is 5.05. The molecule has 2 aromatic carbocycles. The van der Waals surface area contributed by atoms with Crippen molar-refractivity contribution in [1.82, 2.24) is 14.8 Å². The summed E-state index contributed by atoms with van der Waals surface area (Å²) < 4.78 is 19.4. The molecule has 0 unspecified atom stereocenters. The number of hydrogen-bond acceptors (Lipinski definition) is 6. The van der Waals surface area contributed by atoms with Crippen LogP contribution in [0.4, 0.5) is 15.2 Å². The van der Waals surface area contributed by atoms with Crippen LogP contribution in [0.1, 0.15) is 12.6 Å². The first-order valence-electron chi connectivity index (χ1n) is 8.65. The maximum atomic E-state index is 13.1. The normalized spacial score (nSPS) is 10.8. The number of benzene rings is 2. The molecule has 9 heteroatoms. The summed E-state index contributed by atoms with van der Waals surface area (Å²) in [7, 11) is 0. The minimum absolute atomic E-state index is 0.0839. The van der Waals surface area contributed by atoms with Crippen LogP contribution in [0, 0.1) is 5.82 Å². The summed E-state index contributed by atoms with van der Waals surface area (Å²) in [5.41, 5.74) is 1.76. The fraction of sp³-hybridized carbons (Fsp3) is 0.100. The van der Waals surface area contributed by atoms with Crippen molar-refractivity contribution in [3.05, 3.63) is 82.0 Å². The monoisotopic (exact) mass is 410 g/mol. The highest BCUT2D eigenvalue weighted by Crippen LogP contribution is 2.28. The predicted octanol–water partition coefficient (Wildman–Crippen LogP) is 3.83. The lowest BCUT2D eigenvalue weighted by Gasteiger charge is -2.17. The van der Waals surface area contributed by atoms with Crippen LogP contribution < -0.4 is 10.7 Å². The highest BCUT2D eigenvalue weighted by Gasteiger charge is 2.19. The van der Waals surface area contributed by atoms with Crippen LogP contribution in [0.25, 0.3) is 11.5 Å². The molecule has 0 bridgehead atoms. The maximum Gasteiger partial charge on any atom is 0.437 e. The highest BCUT2D eigenvalue weighted by atomic mass is 32.1. The Morgan fingerprint density at radius 3 is 2.59 bits per heavy atom. The van der Waals surface area contributed by atoms with E-state index in [1.54, 1.807) is 5.38 Å². The Morgan fingerprint density at radius 1 is 1.17 bits per heavy atom. The van der Waals surface area contributed by atoms with E-state index in [4.69, 9.17) is 4.42 Å². The zero-order chi connectivity index (χ0) is 20.4. The van der Waals surface area contributed by atoms with E-state index in [0.717, 1.165) is 4.68 Å². The third-order valence-electron chi connectivity index (χ3n) is 4.07. The smallest absolute Gasteiger partial charge is 0.388 e. The molecular formula is C20H15FN4O3S. The molecule has 0 spiro atoms. The van der Waals surface area contributed by atoms with E-state index < -0.39 is 5.76 Å². The van der Waals surface area contributed by atoms with Crippen molar-refractivity contribution < 1.29 is 13.6 Å². The fourth-order valence-corrected chi connectivity index (χ4v) is 3.62. The zero-order valence-corrected chi connectivity index (χ0v) is 16.1. The van der Waals surface area contributed by atoms with Crippen molar-refractivity contribution in [2.75, 3.05) is 4.90 Å². The molecule has 4 rings (SSSR count). The SMILES string of the molecule is CC(=O)N(c1ccccc1)c1nc(Cn2nc(-c3ccc(F)cc3)oc2=O)cs1. The first-order valence-corrected chi connectivity index (χ1v) is 9.53. The van der Waals surface area contributed by atoms with Gasteiger partial charge >= 0.3 is 5.76 Å². The van der Waals surface area contributed by atoms with Gasteiger partial charge in [-0.2, -0.15) is 4.68 Å². The topological polar surface area (TPSA) is 81.2 Å². The maximum absolute atomic E-state index is 13.1. The number of anilines is 2. The first kappa shape index (κ1) is 18.8. The molecule has 1 amide bonds. The Hall–Kier alpha value is -3.59. The Morgan fingerprint density at radius 2 is 1.90 bits per heavy atom. The lowest BCUT2D eigenvalue weighted by Crippen LogP contribution is -2.22. The van der Waals surface area contributed by atoms with Gasteiger partial charge in [0, 0.05) is 17.9 Å². The van der Waals surface area contributed by atoms with Crippen molar-refractivity contribution in [3.63, 3.8) is 0 Å². The standard InChI is InChI=1S/C20H15FN4O3S/c1-13(26)25(17-5-3-2-4-6-17)19-22-16(12-29-19)11-24-20(27)28-18(23-24)14-7-9-15(21)10-8-14/h2-10,12H,11H2,1H3. The van der Waals surface area contributed by atoms with Gasteiger partial charge < -0.3 is 4.42 Å². The number of thiazole rings is 1. The summed E-state index contributed by atoms with van der Waals surface area (Å²) in [6.45, 7) is 1.55. The van der Waals surface area contributed by atoms with Crippen molar-refractivity contribution in [3.8, 4) is 11.5 Å². The van der Waals surface area contributed by atoms with E-state index in [9.17, 15) is 14.0 Å². The van der Waals surface area contributed by atoms with Crippen LogP contribution in [-0.4, -0.2) is 20.7 Å². The molecule has 0 atom stereocenters. The van der Waals surface area contributed by atoms with Gasteiger partial charge in [-0.3, -0.25) is 9.69 Å². The number of carbonyl (C=O) groups is 1. The molecule has 146 valence electrons. The minimum atomic E-state index is -0.648. The van der Waals surface area contributed by atoms with Gasteiger partial charge in [-0.25, -0.2) is 14.2 Å². The average Bonchev–Trinajstić information content (AvgIpc) is 3.30. The molecule has 29 heavy (non-hydrogen) atoms. The largest absolute Gasteiger partial charge is 0.437 e. The second kappa shape index (κ2) is 7.80. The quantitative estimate of drug-likeness (QED) is 0.499. The van der Waals surface area contributed by atoms with E-state index in [2.05, 4.69) is 10.1 Å². The van der Waals surface area contributed by atoms with E-state index in [1.807, 2.05) is 30.3 Å². The van der Waals surface area contributed by atoms with Gasteiger partial charge in [-0.15, -0.1) is 16.4 Å². The van der Waals surface area contributed by atoms with Crippen molar-refractivity contribution >= 4 is 28.1 Å². The molecule has 0 aliphatic rings. The van der Waals surface area contributed by atoms with Crippen LogP contribution in [-0.2, 0) is 11.3 Å². The lowest BCUT2D eigenvalue weighted by atomic mass is 10.2. The number of hydrogen-bond donors (Lipinski definition) is 0. The number of halogens is 1. The molecule has 0 aliphatic carbocycles. The number of para-hydroxylation sites is 1. The molecular weight excluding hydrogens is 395 g/mol. The number of aromatic nitrogens is 3. The molecule has 4 aromatic rings. The summed E-state index contributed by atoms with van der Waals surface area (Å²) in [5, 5.41) is 6.40. The van der Waals surface area contributed by atoms with Gasteiger partial charge in [-0.05, 0) is 36.4 Å². The molecule has 7 nitrogen and oxygen atoms in total.